The Hall–Kier alpha value is -2.44. The predicted octanol–water partition coefficient (Wildman–Crippen LogP) is 1.98. The van der Waals surface area contributed by atoms with E-state index >= 15 is 0 Å². The Morgan fingerprint density at radius 2 is 1.58 bits per heavy atom. The van der Waals surface area contributed by atoms with Gasteiger partial charge in [0, 0.05) is 18.7 Å². The second kappa shape index (κ2) is 9.00. The summed E-state index contributed by atoms with van der Waals surface area (Å²) >= 11 is 0. The Morgan fingerprint density at radius 1 is 1.04 bits per heavy atom. The van der Waals surface area contributed by atoms with Gasteiger partial charge in [0.15, 0.2) is 11.5 Å². The number of benzene rings is 1. The molecular weight excluding hydrogens is 314 g/mol. The lowest BCUT2D eigenvalue weighted by atomic mass is 10.1. The average Bonchev–Trinajstić information content (AvgIpc) is 2.62. The number of hydrogen-bond donors (Lipinski definition) is 0. The van der Waals surface area contributed by atoms with Crippen molar-refractivity contribution in [2.45, 2.75) is 13.8 Å². The topological polar surface area (TPSA) is 74.3 Å². The van der Waals surface area contributed by atoms with Gasteiger partial charge in [0.1, 0.15) is 0 Å². The molecule has 0 saturated heterocycles. The molecule has 0 aliphatic heterocycles. The lowest BCUT2D eigenvalue weighted by molar-refractivity contribution is -0.145. The number of ether oxygens (including phenoxy) is 4. The molecule has 7 nitrogen and oxygen atoms in total. The standard InChI is InChI=1S/C17H25NO6/c1-7-18(10-11(2)17(20)24-6)16(19)12-8-13(21-3)15(23-5)14(9-12)22-4/h8-9,11H,7,10H2,1-6H3. The lowest BCUT2D eigenvalue weighted by Crippen LogP contribution is -2.37. The Kier molecular flexibility index (Phi) is 7.35. The normalized spacial score (nSPS) is 11.4. The van der Waals surface area contributed by atoms with Crippen LogP contribution in [0.3, 0.4) is 0 Å². The van der Waals surface area contributed by atoms with Gasteiger partial charge in [-0.05, 0) is 19.1 Å². The maximum absolute atomic E-state index is 12.8. The van der Waals surface area contributed by atoms with Crippen LogP contribution < -0.4 is 14.2 Å². The van der Waals surface area contributed by atoms with Crippen LogP contribution in [0.1, 0.15) is 24.2 Å². The molecule has 1 atom stereocenters. The van der Waals surface area contributed by atoms with Crippen molar-refractivity contribution < 1.29 is 28.5 Å². The van der Waals surface area contributed by atoms with Crippen LogP contribution in [0.15, 0.2) is 12.1 Å². The summed E-state index contributed by atoms with van der Waals surface area (Å²) in [6.45, 7) is 4.28. The lowest BCUT2D eigenvalue weighted by Gasteiger charge is -2.24. The first-order valence-electron chi connectivity index (χ1n) is 7.60. The number of esters is 1. The molecule has 0 spiro atoms. The van der Waals surface area contributed by atoms with E-state index in [4.69, 9.17) is 18.9 Å². The number of amides is 1. The van der Waals surface area contributed by atoms with Gasteiger partial charge in [-0.3, -0.25) is 9.59 Å². The van der Waals surface area contributed by atoms with E-state index in [2.05, 4.69) is 0 Å². The van der Waals surface area contributed by atoms with Crippen molar-refractivity contribution >= 4 is 11.9 Å². The Balaban J connectivity index is 3.13. The minimum Gasteiger partial charge on any atom is -0.493 e. The van der Waals surface area contributed by atoms with Gasteiger partial charge in [-0.25, -0.2) is 0 Å². The fourth-order valence-electron chi connectivity index (χ4n) is 2.35. The smallest absolute Gasteiger partial charge is 0.310 e. The second-order valence-corrected chi connectivity index (χ2v) is 5.18. The first-order chi connectivity index (χ1) is 11.4. The number of hydrogen-bond acceptors (Lipinski definition) is 6. The monoisotopic (exact) mass is 339 g/mol. The summed E-state index contributed by atoms with van der Waals surface area (Å²) in [6.07, 6.45) is 0. The van der Waals surface area contributed by atoms with Crippen LogP contribution in [0.25, 0.3) is 0 Å². The highest BCUT2D eigenvalue weighted by atomic mass is 16.5. The van der Waals surface area contributed by atoms with E-state index in [0.29, 0.717) is 29.4 Å². The summed E-state index contributed by atoms with van der Waals surface area (Å²) < 4.78 is 20.5. The van der Waals surface area contributed by atoms with Gasteiger partial charge in [-0.15, -0.1) is 0 Å². The molecule has 1 aromatic carbocycles. The third-order valence-electron chi connectivity index (χ3n) is 3.68. The first-order valence-corrected chi connectivity index (χ1v) is 7.60. The van der Waals surface area contributed by atoms with Gasteiger partial charge in [-0.2, -0.15) is 0 Å². The van der Waals surface area contributed by atoms with Crippen LogP contribution in [-0.2, 0) is 9.53 Å². The van der Waals surface area contributed by atoms with Gasteiger partial charge in [0.2, 0.25) is 5.75 Å². The maximum atomic E-state index is 12.8. The van der Waals surface area contributed by atoms with Gasteiger partial charge in [0.05, 0.1) is 34.4 Å². The molecule has 0 N–H and O–H groups in total. The molecule has 0 heterocycles. The van der Waals surface area contributed by atoms with E-state index < -0.39 is 5.92 Å². The molecule has 1 aromatic rings. The van der Waals surface area contributed by atoms with E-state index in [1.165, 1.54) is 28.4 Å². The van der Waals surface area contributed by atoms with E-state index in [1.54, 1.807) is 24.0 Å². The summed E-state index contributed by atoms with van der Waals surface area (Å²) in [5, 5.41) is 0. The summed E-state index contributed by atoms with van der Waals surface area (Å²) in [4.78, 5) is 25.9. The zero-order chi connectivity index (χ0) is 18.3. The molecule has 0 radical (unpaired) electrons. The van der Waals surface area contributed by atoms with E-state index in [0.717, 1.165) is 0 Å². The SMILES string of the molecule is CCN(CC(C)C(=O)OC)C(=O)c1cc(OC)c(OC)c(OC)c1. The van der Waals surface area contributed by atoms with E-state index in [-0.39, 0.29) is 18.4 Å². The molecule has 0 aliphatic carbocycles. The summed E-state index contributed by atoms with van der Waals surface area (Å²) in [7, 11) is 5.80. The molecule has 0 aromatic heterocycles. The van der Waals surface area contributed by atoms with Crippen molar-refractivity contribution in [3.05, 3.63) is 17.7 Å². The second-order valence-electron chi connectivity index (χ2n) is 5.18. The Morgan fingerprint density at radius 3 is 1.96 bits per heavy atom. The summed E-state index contributed by atoms with van der Waals surface area (Å²) in [5.41, 5.74) is 0.392. The molecule has 0 fully saturated rings. The van der Waals surface area contributed by atoms with Gasteiger partial charge < -0.3 is 23.8 Å². The molecule has 24 heavy (non-hydrogen) atoms. The van der Waals surface area contributed by atoms with Gasteiger partial charge in [-0.1, -0.05) is 6.92 Å². The van der Waals surface area contributed by atoms with Crippen molar-refractivity contribution in [1.29, 1.82) is 0 Å². The van der Waals surface area contributed by atoms with Crippen LogP contribution >= 0.6 is 0 Å². The van der Waals surface area contributed by atoms with E-state index in [1.807, 2.05) is 6.92 Å². The Bertz CT molecular complexity index is 561. The van der Waals surface area contributed by atoms with Gasteiger partial charge >= 0.3 is 5.97 Å². The minimum absolute atomic E-state index is 0.229. The fourth-order valence-corrected chi connectivity index (χ4v) is 2.35. The molecule has 134 valence electrons. The van der Waals surface area contributed by atoms with Crippen LogP contribution in [0.4, 0.5) is 0 Å². The van der Waals surface area contributed by atoms with Crippen molar-refractivity contribution in [2.75, 3.05) is 41.5 Å². The molecule has 1 unspecified atom stereocenters. The number of carbonyl (C=O) groups excluding carboxylic acids is 2. The molecule has 0 bridgehead atoms. The van der Waals surface area contributed by atoms with Crippen LogP contribution in [0, 0.1) is 5.92 Å². The predicted molar refractivity (Wildman–Crippen MR) is 88.9 cm³/mol. The van der Waals surface area contributed by atoms with Crippen molar-refractivity contribution in [3.63, 3.8) is 0 Å². The molecule has 0 saturated carbocycles. The zero-order valence-corrected chi connectivity index (χ0v) is 15.0. The largest absolute Gasteiger partial charge is 0.493 e. The summed E-state index contributed by atoms with van der Waals surface area (Å²) in [5.74, 6) is 0.219. The van der Waals surface area contributed by atoms with Crippen molar-refractivity contribution in [1.82, 2.24) is 4.90 Å². The average molecular weight is 339 g/mol. The molecule has 1 rings (SSSR count). The van der Waals surface area contributed by atoms with Crippen LogP contribution in [-0.4, -0.2) is 58.3 Å². The molecule has 0 aliphatic rings. The highest BCUT2D eigenvalue weighted by molar-refractivity contribution is 5.96. The minimum atomic E-state index is -0.416. The van der Waals surface area contributed by atoms with Gasteiger partial charge in [0.25, 0.3) is 5.91 Å². The number of carbonyl (C=O) groups is 2. The first kappa shape index (κ1) is 19.6. The maximum Gasteiger partial charge on any atom is 0.310 e. The molecule has 1 amide bonds. The third kappa shape index (κ3) is 4.31. The van der Waals surface area contributed by atoms with Crippen LogP contribution in [0.2, 0.25) is 0 Å². The summed E-state index contributed by atoms with van der Waals surface area (Å²) in [6, 6.07) is 3.18. The highest BCUT2D eigenvalue weighted by Crippen LogP contribution is 2.38. The van der Waals surface area contributed by atoms with Crippen molar-refractivity contribution in [3.8, 4) is 17.2 Å². The number of rotatable bonds is 8. The fraction of sp³-hybridized carbons (Fsp3) is 0.529. The quantitative estimate of drug-likeness (QED) is 0.674. The third-order valence-corrected chi connectivity index (χ3v) is 3.68. The molecular formula is C17H25NO6. The highest BCUT2D eigenvalue weighted by Gasteiger charge is 2.24. The number of methoxy groups -OCH3 is 4. The zero-order valence-electron chi connectivity index (χ0n) is 15.0. The van der Waals surface area contributed by atoms with Crippen LogP contribution in [0.5, 0.6) is 17.2 Å². The number of nitrogens with zero attached hydrogens (tertiary/aromatic N) is 1. The Labute approximate surface area is 142 Å². The molecule has 7 heteroatoms. The van der Waals surface area contributed by atoms with E-state index in [9.17, 15) is 9.59 Å². The van der Waals surface area contributed by atoms with Crippen molar-refractivity contribution in [2.24, 2.45) is 5.92 Å².